The molecule has 2 aromatic heterocycles. The molecule has 0 radical (unpaired) electrons. The average molecular weight is 298 g/mol. The van der Waals surface area contributed by atoms with Crippen molar-refractivity contribution in [2.45, 2.75) is 37.7 Å². The topological polar surface area (TPSA) is 64.2 Å². The van der Waals surface area contributed by atoms with Crippen LogP contribution in [-0.4, -0.2) is 23.0 Å². The van der Waals surface area contributed by atoms with Crippen molar-refractivity contribution < 1.29 is 14.3 Å². The van der Waals surface area contributed by atoms with Gasteiger partial charge in [0.15, 0.2) is 0 Å². The first-order chi connectivity index (χ1) is 10.7. The summed E-state index contributed by atoms with van der Waals surface area (Å²) in [6, 6.07) is 3.82. The number of nitrogens with one attached hydrogen (secondary N) is 1. The molecule has 0 amide bonds. The van der Waals surface area contributed by atoms with Crippen LogP contribution in [0.25, 0.3) is 11.3 Å². The molecular weight excluding hydrogens is 280 g/mol. The highest BCUT2D eigenvalue weighted by atomic mass is 16.5. The van der Waals surface area contributed by atoms with Crippen LogP contribution in [0.1, 0.15) is 48.2 Å². The maximum Gasteiger partial charge on any atom is 0.354 e. The van der Waals surface area contributed by atoms with Crippen LogP contribution in [0.4, 0.5) is 0 Å². The minimum atomic E-state index is -0.351. The van der Waals surface area contributed by atoms with Crippen LogP contribution in [0.5, 0.6) is 5.75 Å². The Balaban J connectivity index is 1.91. The second-order valence-electron chi connectivity index (χ2n) is 5.99. The summed E-state index contributed by atoms with van der Waals surface area (Å²) >= 11 is 0. The minimum absolute atomic E-state index is 0.341. The van der Waals surface area contributed by atoms with Crippen LogP contribution < -0.4 is 4.74 Å². The van der Waals surface area contributed by atoms with Crippen molar-refractivity contribution >= 4 is 5.97 Å². The van der Waals surface area contributed by atoms with Crippen LogP contribution in [0.15, 0.2) is 24.5 Å². The van der Waals surface area contributed by atoms with Gasteiger partial charge in [-0.2, -0.15) is 0 Å². The van der Waals surface area contributed by atoms with Gasteiger partial charge in [0.1, 0.15) is 17.0 Å². The Labute approximate surface area is 128 Å². The SMILES string of the molecule is COC(=O)c1cc2c([nH]1)-c1ccncc1OC21CCCCC1. The normalized spacial score (nSPS) is 18.2. The fourth-order valence-electron chi connectivity index (χ4n) is 3.67. The Morgan fingerprint density at radius 3 is 2.95 bits per heavy atom. The summed E-state index contributed by atoms with van der Waals surface area (Å²) in [5.74, 6) is 0.436. The number of ether oxygens (including phenoxy) is 2. The molecule has 2 aliphatic rings. The van der Waals surface area contributed by atoms with Crippen LogP contribution in [0.2, 0.25) is 0 Å². The lowest BCUT2D eigenvalue weighted by atomic mass is 9.77. The van der Waals surface area contributed by atoms with Crippen molar-refractivity contribution in [1.29, 1.82) is 0 Å². The van der Waals surface area contributed by atoms with E-state index in [0.29, 0.717) is 5.69 Å². The third-order valence-electron chi connectivity index (χ3n) is 4.73. The van der Waals surface area contributed by atoms with Gasteiger partial charge in [-0.3, -0.25) is 4.98 Å². The zero-order valence-corrected chi connectivity index (χ0v) is 12.5. The van der Waals surface area contributed by atoms with Crippen LogP contribution in [0, 0.1) is 0 Å². The van der Waals surface area contributed by atoms with E-state index >= 15 is 0 Å². The fraction of sp³-hybridized carbons (Fsp3) is 0.412. The molecular formula is C17H18N2O3. The number of H-pyrrole nitrogens is 1. The van der Waals surface area contributed by atoms with Crippen LogP contribution in [-0.2, 0) is 10.3 Å². The zero-order chi connectivity index (χ0) is 15.2. The highest BCUT2D eigenvalue weighted by Gasteiger charge is 2.43. The summed E-state index contributed by atoms with van der Waals surface area (Å²) in [6.45, 7) is 0. The first kappa shape index (κ1) is 13.4. The molecule has 4 rings (SSSR count). The molecule has 1 saturated carbocycles. The molecule has 1 N–H and O–H groups in total. The first-order valence-electron chi connectivity index (χ1n) is 7.69. The average Bonchev–Trinajstić information content (AvgIpc) is 3.02. The van der Waals surface area contributed by atoms with E-state index < -0.39 is 0 Å². The predicted molar refractivity (Wildman–Crippen MR) is 80.8 cm³/mol. The Morgan fingerprint density at radius 2 is 2.18 bits per heavy atom. The Hall–Kier alpha value is -2.30. The number of hydrogen-bond donors (Lipinski definition) is 1. The number of aromatic nitrogens is 2. The third kappa shape index (κ3) is 1.85. The Bertz CT molecular complexity index is 729. The highest BCUT2D eigenvalue weighted by Crippen LogP contribution is 2.50. The lowest BCUT2D eigenvalue weighted by Crippen LogP contribution is -2.37. The summed E-state index contributed by atoms with van der Waals surface area (Å²) in [4.78, 5) is 19.3. The number of fused-ring (bicyclic) bond motifs is 4. The fourth-order valence-corrected chi connectivity index (χ4v) is 3.67. The number of rotatable bonds is 1. The molecule has 1 spiro atoms. The molecule has 0 unspecified atom stereocenters. The van der Waals surface area contributed by atoms with Gasteiger partial charge in [0.25, 0.3) is 0 Å². The van der Waals surface area contributed by atoms with Gasteiger partial charge in [-0.25, -0.2) is 4.79 Å². The minimum Gasteiger partial charge on any atom is -0.480 e. The van der Waals surface area contributed by atoms with Gasteiger partial charge in [0, 0.05) is 17.3 Å². The zero-order valence-electron chi connectivity index (χ0n) is 12.5. The summed E-state index contributed by atoms with van der Waals surface area (Å²) in [6.07, 6.45) is 8.92. The number of carbonyl (C=O) groups is 1. The lowest BCUT2D eigenvalue weighted by Gasteiger charge is -2.41. The molecule has 1 fully saturated rings. The molecule has 22 heavy (non-hydrogen) atoms. The van der Waals surface area contributed by atoms with Gasteiger partial charge in [-0.15, -0.1) is 0 Å². The van der Waals surface area contributed by atoms with Gasteiger partial charge < -0.3 is 14.5 Å². The lowest BCUT2D eigenvalue weighted by molar-refractivity contribution is 0.0237. The summed E-state index contributed by atoms with van der Waals surface area (Å²) in [7, 11) is 1.40. The second-order valence-corrected chi connectivity index (χ2v) is 5.99. The van der Waals surface area contributed by atoms with Gasteiger partial charge in [0.2, 0.25) is 0 Å². The Kier molecular flexibility index (Phi) is 2.96. The maximum absolute atomic E-state index is 11.9. The molecule has 0 saturated heterocycles. The molecule has 0 atom stereocenters. The van der Waals surface area contributed by atoms with Gasteiger partial charge >= 0.3 is 5.97 Å². The number of carbonyl (C=O) groups excluding carboxylic acids is 1. The van der Waals surface area contributed by atoms with E-state index in [9.17, 15) is 4.79 Å². The number of pyridine rings is 1. The van der Waals surface area contributed by atoms with Gasteiger partial charge in [-0.05, 0) is 37.8 Å². The van der Waals surface area contributed by atoms with Crippen LogP contribution in [0.3, 0.4) is 0 Å². The van der Waals surface area contributed by atoms with E-state index in [1.807, 2.05) is 12.1 Å². The predicted octanol–water partition coefficient (Wildman–Crippen LogP) is 3.42. The number of hydrogen-bond acceptors (Lipinski definition) is 4. The Morgan fingerprint density at radius 1 is 1.36 bits per heavy atom. The summed E-state index contributed by atoms with van der Waals surface area (Å²) < 4.78 is 11.2. The van der Waals surface area contributed by atoms with Crippen molar-refractivity contribution in [2.24, 2.45) is 0 Å². The van der Waals surface area contributed by atoms with E-state index in [1.165, 1.54) is 13.5 Å². The van der Waals surface area contributed by atoms with E-state index in [4.69, 9.17) is 9.47 Å². The van der Waals surface area contributed by atoms with E-state index in [-0.39, 0.29) is 11.6 Å². The van der Waals surface area contributed by atoms with Crippen molar-refractivity contribution in [3.63, 3.8) is 0 Å². The second kappa shape index (κ2) is 4.87. The molecule has 0 aromatic carbocycles. The maximum atomic E-state index is 11.9. The monoisotopic (exact) mass is 298 g/mol. The molecule has 3 heterocycles. The highest BCUT2D eigenvalue weighted by molar-refractivity contribution is 5.90. The van der Waals surface area contributed by atoms with Crippen molar-refractivity contribution in [1.82, 2.24) is 9.97 Å². The largest absolute Gasteiger partial charge is 0.480 e. The first-order valence-corrected chi connectivity index (χ1v) is 7.69. The van der Waals surface area contributed by atoms with Crippen molar-refractivity contribution in [2.75, 3.05) is 7.11 Å². The van der Waals surface area contributed by atoms with Crippen LogP contribution >= 0.6 is 0 Å². The molecule has 114 valence electrons. The number of esters is 1. The molecule has 5 nitrogen and oxygen atoms in total. The third-order valence-corrected chi connectivity index (χ3v) is 4.73. The molecule has 0 bridgehead atoms. The molecule has 1 aliphatic carbocycles. The van der Waals surface area contributed by atoms with Gasteiger partial charge in [0.05, 0.1) is 19.0 Å². The van der Waals surface area contributed by atoms with E-state index in [0.717, 1.165) is 48.3 Å². The number of methoxy groups -OCH3 is 1. The smallest absolute Gasteiger partial charge is 0.354 e. The van der Waals surface area contributed by atoms with Crippen molar-refractivity contribution in [3.05, 3.63) is 35.8 Å². The molecule has 5 heteroatoms. The van der Waals surface area contributed by atoms with E-state index in [2.05, 4.69) is 9.97 Å². The standard InChI is InChI=1S/C17H18N2O3/c1-21-16(20)13-9-12-15(19-13)11-5-8-18-10-14(11)22-17(12)6-3-2-4-7-17/h5,8-10,19H,2-4,6-7H2,1H3. The molecule has 1 aliphatic heterocycles. The summed E-state index contributed by atoms with van der Waals surface area (Å²) in [5.41, 5.74) is 3.13. The summed E-state index contributed by atoms with van der Waals surface area (Å²) in [5, 5.41) is 0. The quantitative estimate of drug-likeness (QED) is 0.819. The molecule has 2 aromatic rings. The number of nitrogens with zero attached hydrogens (tertiary/aromatic N) is 1. The van der Waals surface area contributed by atoms with Gasteiger partial charge in [-0.1, -0.05) is 6.42 Å². The van der Waals surface area contributed by atoms with Crippen molar-refractivity contribution in [3.8, 4) is 17.0 Å². The number of aromatic amines is 1. The van der Waals surface area contributed by atoms with E-state index in [1.54, 1.807) is 12.4 Å².